The molecule has 1 aliphatic heterocycles. The van der Waals surface area contributed by atoms with Gasteiger partial charge in [-0.3, -0.25) is 4.99 Å². The number of likely N-dealkylation sites (N-methyl/N-ethyl adjacent to an activating group) is 1. The van der Waals surface area contributed by atoms with E-state index < -0.39 is 0 Å². The topological polar surface area (TPSA) is 48.9 Å². The lowest BCUT2D eigenvalue weighted by Gasteiger charge is -2.43. The summed E-state index contributed by atoms with van der Waals surface area (Å²) >= 11 is 0. The van der Waals surface area contributed by atoms with Gasteiger partial charge in [-0.1, -0.05) is 5.92 Å². The maximum absolute atomic E-state index is 5.45. The Balaban J connectivity index is 2.54. The van der Waals surface area contributed by atoms with E-state index in [4.69, 9.17) is 11.2 Å². The van der Waals surface area contributed by atoms with Crippen molar-refractivity contribution in [2.75, 3.05) is 47.4 Å². The van der Waals surface area contributed by atoms with Crippen LogP contribution in [0.3, 0.4) is 0 Å². The number of nitrogens with one attached hydrogen (secondary N) is 2. The van der Waals surface area contributed by atoms with Crippen LogP contribution in [0.4, 0.5) is 0 Å². The molecule has 1 fully saturated rings. The van der Waals surface area contributed by atoms with E-state index in [1.165, 1.54) is 0 Å². The van der Waals surface area contributed by atoms with E-state index in [1.807, 2.05) is 0 Å². The van der Waals surface area contributed by atoms with Crippen LogP contribution in [0, 0.1) is 12.3 Å². The van der Waals surface area contributed by atoms with Crippen LogP contribution in [0.25, 0.3) is 0 Å². The SMILES string of the molecule is C#CCNC(=NC)NCC1(N(C)C)CCOCC1. The fraction of sp³-hybridized carbons (Fsp3) is 0.769. The second-order valence-electron chi connectivity index (χ2n) is 4.71. The van der Waals surface area contributed by atoms with E-state index in [0.29, 0.717) is 6.54 Å². The van der Waals surface area contributed by atoms with Gasteiger partial charge in [0.15, 0.2) is 5.96 Å². The first-order chi connectivity index (χ1) is 8.64. The third-order valence-electron chi connectivity index (χ3n) is 3.54. The van der Waals surface area contributed by atoms with Crippen molar-refractivity contribution in [1.82, 2.24) is 15.5 Å². The molecule has 0 aromatic heterocycles. The van der Waals surface area contributed by atoms with Gasteiger partial charge in [-0.15, -0.1) is 6.42 Å². The Morgan fingerprint density at radius 2 is 2.06 bits per heavy atom. The summed E-state index contributed by atoms with van der Waals surface area (Å²) in [6, 6.07) is 0. The normalized spacial score (nSPS) is 19.4. The zero-order chi connectivity index (χ0) is 13.4. The largest absolute Gasteiger partial charge is 0.381 e. The zero-order valence-electron chi connectivity index (χ0n) is 11.6. The highest BCUT2D eigenvalue weighted by molar-refractivity contribution is 5.79. The quantitative estimate of drug-likeness (QED) is 0.417. The van der Waals surface area contributed by atoms with E-state index in [0.717, 1.165) is 38.6 Å². The van der Waals surface area contributed by atoms with Crippen molar-refractivity contribution in [2.24, 2.45) is 4.99 Å². The van der Waals surface area contributed by atoms with Gasteiger partial charge < -0.3 is 20.3 Å². The summed E-state index contributed by atoms with van der Waals surface area (Å²) in [6.45, 7) is 2.96. The van der Waals surface area contributed by atoms with Crippen LogP contribution >= 0.6 is 0 Å². The number of aliphatic imine (C=N–C) groups is 1. The predicted molar refractivity (Wildman–Crippen MR) is 74.7 cm³/mol. The van der Waals surface area contributed by atoms with Crippen LogP contribution in [-0.2, 0) is 4.74 Å². The van der Waals surface area contributed by atoms with E-state index in [2.05, 4.69) is 40.5 Å². The highest BCUT2D eigenvalue weighted by Crippen LogP contribution is 2.24. The lowest BCUT2D eigenvalue weighted by molar-refractivity contribution is -0.00500. The number of terminal acetylenes is 1. The van der Waals surface area contributed by atoms with Crippen molar-refractivity contribution in [1.29, 1.82) is 0 Å². The van der Waals surface area contributed by atoms with E-state index >= 15 is 0 Å². The van der Waals surface area contributed by atoms with Gasteiger partial charge in [0.25, 0.3) is 0 Å². The molecule has 1 rings (SSSR count). The molecule has 0 aromatic carbocycles. The van der Waals surface area contributed by atoms with Crippen molar-refractivity contribution >= 4 is 5.96 Å². The molecule has 2 N–H and O–H groups in total. The molecule has 0 unspecified atom stereocenters. The fourth-order valence-electron chi connectivity index (χ4n) is 2.14. The Labute approximate surface area is 110 Å². The van der Waals surface area contributed by atoms with Crippen molar-refractivity contribution < 1.29 is 4.74 Å². The molecule has 0 aliphatic carbocycles. The first-order valence-electron chi connectivity index (χ1n) is 6.28. The van der Waals surface area contributed by atoms with Gasteiger partial charge in [-0.05, 0) is 26.9 Å². The van der Waals surface area contributed by atoms with E-state index in [-0.39, 0.29) is 5.54 Å². The predicted octanol–water partition coefficient (Wildman–Crippen LogP) is -0.105. The Morgan fingerprint density at radius 1 is 1.39 bits per heavy atom. The van der Waals surface area contributed by atoms with Gasteiger partial charge in [0.05, 0.1) is 6.54 Å². The molecule has 1 aliphatic rings. The molecule has 0 radical (unpaired) electrons. The van der Waals surface area contributed by atoms with Crippen molar-refractivity contribution in [3.8, 4) is 12.3 Å². The average Bonchev–Trinajstić information content (AvgIpc) is 2.40. The maximum atomic E-state index is 5.45. The lowest BCUT2D eigenvalue weighted by Crippen LogP contribution is -2.57. The van der Waals surface area contributed by atoms with E-state index in [1.54, 1.807) is 7.05 Å². The molecular weight excluding hydrogens is 228 g/mol. The zero-order valence-corrected chi connectivity index (χ0v) is 11.6. The summed E-state index contributed by atoms with van der Waals surface area (Å²) in [4.78, 5) is 6.42. The van der Waals surface area contributed by atoms with Crippen molar-refractivity contribution in [3.63, 3.8) is 0 Å². The second kappa shape index (κ2) is 7.24. The molecule has 0 saturated carbocycles. The van der Waals surface area contributed by atoms with Crippen LogP contribution in [0.5, 0.6) is 0 Å². The molecule has 0 amide bonds. The number of guanidine groups is 1. The fourth-order valence-corrected chi connectivity index (χ4v) is 2.14. The lowest BCUT2D eigenvalue weighted by atomic mass is 9.88. The van der Waals surface area contributed by atoms with Crippen LogP contribution in [-0.4, -0.2) is 63.8 Å². The molecule has 1 heterocycles. The van der Waals surface area contributed by atoms with Crippen LogP contribution in [0.1, 0.15) is 12.8 Å². The van der Waals surface area contributed by atoms with E-state index in [9.17, 15) is 0 Å². The summed E-state index contributed by atoms with van der Waals surface area (Å²) in [5.41, 5.74) is 0.131. The molecule has 0 spiro atoms. The third-order valence-corrected chi connectivity index (χ3v) is 3.54. The number of rotatable bonds is 4. The van der Waals surface area contributed by atoms with Gasteiger partial charge in [-0.2, -0.15) is 0 Å². The van der Waals surface area contributed by atoms with Crippen LogP contribution in [0.2, 0.25) is 0 Å². The molecule has 0 atom stereocenters. The summed E-state index contributed by atoms with van der Waals surface area (Å²) in [7, 11) is 5.98. The Bertz CT molecular complexity index is 313. The number of nitrogens with zero attached hydrogens (tertiary/aromatic N) is 2. The summed E-state index contributed by atoms with van der Waals surface area (Å²) in [5, 5.41) is 6.41. The molecule has 102 valence electrons. The number of hydrogen-bond donors (Lipinski definition) is 2. The Hall–Kier alpha value is -1.25. The first kappa shape index (κ1) is 14.8. The molecule has 0 bridgehead atoms. The van der Waals surface area contributed by atoms with Gasteiger partial charge in [0.2, 0.25) is 0 Å². The molecule has 1 saturated heterocycles. The first-order valence-corrected chi connectivity index (χ1v) is 6.28. The molecule has 5 heteroatoms. The van der Waals surface area contributed by atoms with Gasteiger partial charge in [0, 0.05) is 32.3 Å². The molecule has 0 aromatic rings. The third kappa shape index (κ3) is 3.90. The minimum atomic E-state index is 0.131. The summed E-state index contributed by atoms with van der Waals surface area (Å²) < 4.78 is 5.45. The maximum Gasteiger partial charge on any atom is 0.191 e. The minimum Gasteiger partial charge on any atom is -0.381 e. The Kier molecular flexibility index (Phi) is 5.96. The monoisotopic (exact) mass is 252 g/mol. The molecular formula is C13H24N4O. The molecule has 18 heavy (non-hydrogen) atoms. The van der Waals surface area contributed by atoms with Gasteiger partial charge in [0.1, 0.15) is 0 Å². The highest BCUT2D eigenvalue weighted by Gasteiger charge is 2.34. The average molecular weight is 252 g/mol. The standard InChI is InChI=1S/C13H24N4O/c1-5-8-15-12(14-2)16-11-13(17(3)4)6-9-18-10-7-13/h1H,6-11H2,2-4H3,(H2,14,15,16). The smallest absolute Gasteiger partial charge is 0.191 e. The summed E-state index contributed by atoms with van der Waals surface area (Å²) in [6.07, 6.45) is 7.28. The Morgan fingerprint density at radius 3 is 2.56 bits per heavy atom. The molecule has 5 nitrogen and oxygen atoms in total. The number of hydrogen-bond acceptors (Lipinski definition) is 3. The summed E-state index contributed by atoms with van der Waals surface area (Å²) in [5.74, 6) is 3.29. The van der Waals surface area contributed by atoms with Crippen LogP contribution < -0.4 is 10.6 Å². The van der Waals surface area contributed by atoms with Crippen molar-refractivity contribution in [2.45, 2.75) is 18.4 Å². The number of ether oxygens (including phenoxy) is 1. The minimum absolute atomic E-state index is 0.131. The van der Waals surface area contributed by atoms with Gasteiger partial charge >= 0.3 is 0 Å². The van der Waals surface area contributed by atoms with Crippen LogP contribution in [0.15, 0.2) is 4.99 Å². The van der Waals surface area contributed by atoms with Crippen molar-refractivity contribution in [3.05, 3.63) is 0 Å². The second-order valence-corrected chi connectivity index (χ2v) is 4.71. The highest BCUT2D eigenvalue weighted by atomic mass is 16.5. The van der Waals surface area contributed by atoms with Gasteiger partial charge in [-0.25, -0.2) is 0 Å².